The molecule has 0 fully saturated rings. The van der Waals surface area contributed by atoms with E-state index in [1.54, 1.807) is 0 Å². The fourth-order valence-electron chi connectivity index (χ4n) is 1.29. The topological polar surface area (TPSA) is 23.8 Å². The van der Waals surface area contributed by atoms with Gasteiger partial charge in [0.2, 0.25) is 0 Å². The van der Waals surface area contributed by atoms with Crippen LogP contribution in [0, 0.1) is 11.3 Å². The highest BCUT2D eigenvalue weighted by molar-refractivity contribution is 7.59. The highest BCUT2D eigenvalue weighted by Gasteiger charge is 2.15. The summed E-state index contributed by atoms with van der Waals surface area (Å²) in [4.78, 5) is 0. The lowest BCUT2D eigenvalue weighted by Crippen LogP contribution is -2.06. The van der Waals surface area contributed by atoms with Crippen molar-refractivity contribution < 1.29 is 0 Å². The van der Waals surface area contributed by atoms with E-state index >= 15 is 0 Å². The van der Waals surface area contributed by atoms with Gasteiger partial charge in [-0.3, -0.25) is 0 Å². The second kappa shape index (κ2) is 5.56. The van der Waals surface area contributed by atoms with Gasteiger partial charge in [-0.2, -0.15) is 5.26 Å². The number of rotatable bonds is 4. The van der Waals surface area contributed by atoms with Crippen molar-refractivity contribution in [1.29, 1.82) is 5.26 Å². The van der Waals surface area contributed by atoms with Crippen LogP contribution in [0.15, 0.2) is 0 Å². The van der Waals surface area contributed by atoms with E-state index in [0.29, 0.717) is 0 Å². The van der Waals surface area contributed by atoms with Gasteiger partial charge in [0, 0.05) is 6.42 Å². The van der Waals surface area contributed by atoms with Crippen molar-refractivity contribution >= 4 is 7.92 Å². The van der Waals surface area contributed by atoms with Gasteiger partial charge in [-0.25, -0.2) is 0 Å². The quantitative estimate of drug-likeness (QED) is 0.596. The zero-order valence-corrected chi connectivity index (χ0v) is 8.86. The summed E-state index contributed by atoms with van der Waals surface area (Å²) in [5.74, 6) is 0. The molecule has 0 aliphatic rings. The smallest absolute Gasteiger partial charge is 0.0625 e. The summed E-state index contributed by atoms with van der Waals surface area (Å²) in [5, 5.41) is 8.44. The van der Waals surface area contributed by atoms with Crippen molar-refractivity contribution in [2.24, 2.45) is 0 Å². The van der Waals surface area contributed by atoms with Crippen LogP contribution in [-0.2, 0) is 0 Å². The Bertz CT molecular complexity index is 127. The van der Waals surface area contributed by atoms with Gasteiger partial charge >= 0.3 is 0 Å². The fourth-order valence-corrected chi connectivity index (χ4v) is 3.88. The van der Waals surface area contributed by atoms with Crippen LogP contribution in [0.2, 0.25) is 0 Å². The van der Waals surface area contributed by atoms with Crippen LogP contribution in [0.5, 0.6) is 0 Å². The third-order valence-electron chi connectivity index (χ3n) is 1.81. The molecule has 0 aliphatic carbocycles. The minimum absolute atomic E-state index is 0.0930. The van der Waals surface area contributed by atoms with Crippen LogP contribution < -0.4 is 0 Å². The van der Waals surface area contributed by atoms with Crippen molar-refractivity contribution in [3.63, 3.8) is 0 Å². The summed E-state index contributed by atoms with van der Waals surface area (Å²) < 4.78 is 0. The number of nitriles is 1. The summed E-state index contributed by atoms with van der Waals surface area (Å²) in [6.07, 6.45) is 1.86. The largest absolute Gasteiger partial charge is 0.198 e. The Hall–Kier alpha value is -0.0800. The predicted molar refractivity (Wildman–Crippen MR) is 52.3 cm³/mol. The third-order valence-corrected chi connectivity index (χ3v) is 5.20. The zero-order valence-electron chi connectivity index (χ0n) is 7.96. The van der Waals surface area contributed by atoms with Gasteiger partial charge in [0.1, 0.15) is 0 Å². The molecule has 0 heterocycles. The molecule has 0 N–H and O–H groups in total. The normalized spacial score (nSPS) is 11.1. The Balaban J connectivity index is 3.82. The molecule has 11 heavy (non-hydrogen) atoms. The second-order valence-corrected chi connectivity index (χ2v) is 6.87. The first kappa shape index (κ1) is 10.9. The minimum Gasteiger partial charge on any atom is -0.198 e. The summed E-state index contributed by atoms with van der Waals surface area (Å²) in [6.45, 7) is 9.07. The van der Waals surface area contributed by atoms with Crippen LogP contribution in [0.1, 0.15) is 34.1 Å². The Morgan fingerprint density at radius 3 is 1.91 bits per heavy atom. The average Bonchev–Trinajstić information content (AvgIpc) is 1.87. The molecule has 0 saturated heterocycles. The first-order chi connectivity index (χ1) is 5.09. The first-order valence-corrected chi connectivity index (χ1v) is 5.88. The van der Waals surface area contributed by atoms with E-state index in [1.165, 1.54) is 0 Å². The standard InChI is InChI=1S/C9H18NP/c1-8(2)11(9(3)4)7-5-6-10/h8-9H,5,7H2,1-4H3. The number of hydrogen-bond donors (Lipinski definition) is 0. The molecule has 2 heteroatoms. The van der Waals surface area contributed by atoms with Crippen molar-refractivity contribution in [3.05, 3.63) is 0 Å². The maximum Gasteiger partial charge on any atom is 0.0625 e. The molecule has 0 atom stereocenters. The minimum atomic E-state index is 0.0930. The molecule has 0 saturated carbocycles. The van der Waals surface area contributed by atoms with E-state index in [1.807, 2.05) is 0 Å². The summed E-state index contributed by atoms with van der Waals surface area (Å²) >= 11 is 0. The van der Waals surface area contributed by atoms with Crippen molar-refractivity contribution in [1.82, 2.24) is 0 Å². The van der Waals surface area contributed by atoms with Gasteiger partial charge in [0.25, 0.3) is 0 Å². The van der Waals surface area contributed by atoms with Crippen LogP contribution in [0.25, 0.3) is 0 Å². The molecule has 0 aromatic carbocycles. The van der Waals surface area contributed by atoms with E-state index in [0.717, 1.165) is 23.9 Å². The molecule has 64 valence electrons. The maximum absolute atomic E-state index is 8.44. The highest BCUT2D eigenvalue weighted by atomic mass is 31.1. The van der Waals surface area contributed by atoms with Crippen LogP contribution in [-0.4, -0.2) is 17.5 Å². The Morgan fingerprint density at radius 1 is 1.18 bits per heavy atom. The lowest BCUT2D eigenvalue weighted by molar-refractivity contribution is 0.991. The zero-order chi connectivity index (χ0) is 8.85. The van der Waals surface area contributed by atoms with Gasteiger partial charge in [-0.05, 0) is 17.5 Å². The van der Waals surface area contributed by atoms with Crippen molar-refractivity contribution in [2.75, 3.05) is 6.16 Å². The SMILES string of the molecule is CC(C)P(CCC#N)C(C)C. The molecular weight excluding hydrogens is 153 g/mol. The summed E-state index contributed by atoms with van der Waals surface area (Å²) in [5.41, 5.74) is 1.55. The molecule has 0 bridgehead atoms. The third kappa shape index (κ3) is 4.38. The second-order valence-electron chi connectivity index (χ2n) is 3.33. The number of hydrogen-bond acceptors (Lipinski definition) is 1. The molecule has 0 spiro atoms. The first-order valence-electron chi connectivity index (χ1n) is 4.22. The molecule has 1 nitrogen and oxygen atoms in total. The van der Waals surface area contributed by atoms with Gasteiger partial charge in [-0.1, -0.05) is 27.7 Å². The van der Waals surface area contributed by atoms with Gasteiger partial charge in [0.05, 0.1) is 6.07 Å². The fraction of sp³-hybridized carbons (Fsp3) is 0.889. The van der Waals surface area contributed by atoms with E-state index in [-0.39, 0.29) is 7.92 Å². The highest BCUT2D eigenvalue weighted by Crippen LogP contribution is 2.45. The van der Waals surface area contributed by atoms with Crippen LogP contribution in [0.3, 0.4) is 0 Å². The Morgan fingerprint density at radius 2 is 1.64 bits per heavy atom. The van der Waals surface area contributed by atoms with Gasteiger partial charge in [0.15, 0.2) is 0 Å². The van der Waals surface area contributed by atoms with E-state index < -0.39 is 0 Å². The molecule has 0 aromatic heterocycles. The van der Waals surface area contributed by atoms with E-state index in [9.17, 15) is 0 Å². The Kier molecular flexibility index (Phi) is 5.51. The average molecular weight is 171 g/mol. The lowest BCUT2D eigenvalue weighted by Gasteiger charge is -2.24. The van der Waals surface area contributed by atoms with Crippen molar-refractivity contribution in [2.45, 2.75) is 45.4 Å². The predicted octanol–water partition coefficient (Wildman–Crippen LogP) is 3.20. The van der Waals surface area contributed by atoms with Gasteiger partial charge < -0.3 is 0 Å². The monoisotopic (exact) mass is 171 g/mol. The molecule has 0 radical (unpaired) electrons. The van der Waals surface area contributed by atoms with Gasteiger partial charge in [-0.15, -0.1) is 7.92 Å². The van der Waals surface area contributed by atoms with Crippen LogP contribution in [0.4, 0.5) is 0 Å². The molecule has 0 rings (SSSR count). The summed E-state index contributed by atoms with van der Waals surface area (Å²) in [7, 11) is 0.0930. The summed E-state index contributed by atoms with van der Waals surface area (Å²) in [6, 6.07) is 2.22. The Labute approximate surface area is 71.6 Å². The molecule has 0 unspecified atom stereocenters. The molecule has 0 aliphatic heterocycles. The molecule has 0 aromatic rings. The van der Waals surface area contributed by atoms with Crippen molar-refractivity contribution in [3.8, 4) is 6.07 Å². The molecular formula is C9H18NP. The molecule has 0 amide bonds. The lowest BCUT2D eigenvalue weighted by atomic mass is 10.5. The van der Waals surface area contributed by atoms with E-state index in [2.05, 4.69) is 33.8 Å². The van der Waals surface area contributed by atoms with Crippen LogP contribution >= 0.6 is 7.92 Å². The van der Waals surface area contributed by atoms with E-state index in [4.69, 9.17) is 5.26 Å². The maximum atomic E-state index is 8.44. The number of nitrogens with zero attached hydrogens (tertiary/aromatic N) is 1.